The van der Waals surface area contributed by atoms with Gasteiger partial charge in [0.05, 0.1) is 7.11 Å². The molecule has 1 fully saturated rings. The van der Waals surface area contributed by atoms with Crippen LogP contribution in [0.3, 0.4) is 0 Å². The molecule has 0 radical (unpaired) electrons. The van der Waals surface area contributed by atoms with Gasteiger partial charge in [-0.15, -0.1) is 0 Å². The van der Waals surface area contributed by atoms with Crippen molar-refractivity contribution < 1.29 is 19.1 Å². The Bertz CT molecular complexity index is 1150. The van der Waals surface area contributed by atoms with Crippen molar-refractivity contribution in [2.75, 3.05) is 19.0 Å². The second kappa shape index (κ2) is 8.58. The van der Waals surface area contributed by atoms with E-state index in [9.17, 15) is 14.4 Å². The second-order valence-electron chi connectivity index (χ2n) is 6.79. The number of nitrogens with zero attached hydrogens (tertiary/aromatic N) is 2. The molecule has 0 spiro atoms. The van der Waals surface area contributed by atoms with Gasteiger partial charge in [-0.05, 0) is 54.6 Å². The molecular weight excluding hydrogens is 396 g/mol. The SMILES string of the molecule is COc1ccc(-n2cccc2/C=C2/NC(=O)N(CC(=O)Nc3ccccc3)C2=O)cc1. The van der Waals surface area contributed by atoms with Crippen molar-refractivity contribution in [1.82, 2.24) is 14.8 Å². The van der Waals surface area contributed by atoms with Crippen molar-refractivity contribution in [1.29, 1.82) is 0 Å². The molecule has 1 aliphatic heterocycles. The number of aromatic nitrogens is 1. The Hall–Kier alpha value is -4.33. The quantitative estimate of drug-likeness (QED) is 0.477. The van der Waals surface area contributed by atoms with Crippen molar-refractivity contribution in [3.8, 4) is 11.4 Å². The highest BCUT2D eigenvalue weighted by atomic mass is 16.5. The van der Waals surface area contributed by atoms with E-state index in [0.29, 0.717) is 11.4 Å². The van der Waals surface area contributed by atoms with Crippen LogP contribution >= 0.6 is 0 Å². The van der Waals surface area contributed by atoms with Crippen LogP contribution < -0.4 is 15.4 Å². The Morgan fingerprint density at radius 1 is 1.03 bits per heavy atom. The normalized spacial score (nSPS) is 14.6. The fraction of sp³-hybridized carbons (Fsp3) is 0.0870. The maximum atomic E-state index is 12.7. The molecular formula is C23H20N4O4. The van der Waals surface area contributed by atoms with Crippen molar-refractivity contribution in [2.24, 2.45) is 0 Å². The first-order chi connectivity index (χ1) is 15.0. The van der Waals surface area contributed by atoms with Crippen LogP contribution in [0.5, 0.6) is 5.75 Å². The Balaban J connectivity index is 1.50. The van der Waals surface area contributed by atoms with Crippen LogP contribution in [0.25, 0.3) is 11.8 Å². The summed E-state index contributed by atoms with van der Waals surface area (Å²) in [6.07, 6.45) is 3.43. The number of ether oxygens (including phenoxy) is 1. The van der Waals surface area contributed by atoms with E-state index < -0.39 is 17.8 Å². The number of rotatable bonds is 6. The van der Waals surface area contributed by atoms with E-state index >= 15 is 0 Å². The molecule has 3 aromatic rings. The number of nitrogens with one attached hydrogen (secondary N) is 2. The van der Waals surface area contributed by atoms with Gasteiger partial charge in [0.25, 0.3) is 5.91 Å². The molecule has 1 aromatic heterocycles. The summed E-state index contributed by atoms with van der Waals surface area (Å²) in [4.78, 5) is 38.2. The number of carbonyl (C=O) groups is 3. The van der Waals surface area contributed by atoms with Crippen LogP contribution in [0.2, 0.25) is 0 Å². The van der Waals surface area contributed by atoms with Gasteiger partial charge in [-0.25, -0.2) is 9.69 Å². The minimum atomic E-state index is -0.637. The molecule has 8 heteroatoms. The lowest BCUT2D eigenvalue weighted by Crippen LogP contribution is -2.38. The van der Waals surface area contributed by atoms with Gasteiger partial charge in [0.1, 0.15) is 18.0 Å². The Morgan fingerprint density at radius 3 is 2.48 bits per heavy atom. The fourth-order valence-electron chi connectivity index (χ4n) is 3.22. The number of amides is 4. The highest BCUT2D eigenvalue weighted by Gasteiger charge is 2.35. The molecule has 0 aliphatic carbocycles. The summed E-state index contributed by atoms with van der Waals surface area (Å²) in [6.45, 7) is -0.379. The summed E-state index contributed by atoms with van der Waals surface area (Å²) in [5, 5.41) is 5.21. The van der Waals surface area contributed by atoms with Gasteiger partial charge < -0.3 is 19.9 Å². The van der Waals surface area contributed by atoms with Crippen molar-refractivity contribution in [3.05, 3.63) is 84.3 Å². The van der Waals surface area contributed by atoms with E-state index in [2.05, 4.69) is 10.6 Å². The first-order valence-electron chi connectivity index (χ1n) is 9.56. The van der Waals surface area contributed by atoms with Crippen LogP contribution in [0.1, 0.15) is 5.69 Å². The summed E-state index contributed by atoms with van der Waals surface area (Å²) in [5.41, 5.74) is 2.26. The number of hydrogen-bond donors (Lipinski definition) is 2. The van der Waals surface area contributed by atoms with Gasteiger partial charge in [-0.3, -0.25) is 9.59 Å². The maximum absolute atomic E-state index is 12.7. The Morgan fingerprint density at radius 2 is 1.77 bits per heavy atom. The minimum absolute atomic E-state index is 0.103. The summed E-state index contributed by atoms with van der Waals surface area (Å²) < 4.78 is 7.05. The third kappa shape index (κ3) is 4.32. The number of anilines is 1. The van der Waals surface area contributed by atoms with E-state index in [1.807, 2.05) is 53.2 Å². The van der Waals surface area contributed by atoms with Crippen molar-refractivity contribution in [2.45, 2.75) is 0 Å². The van der Waals surface area contributed by atoms with Crippen LogP contribution in [0.4, 0.5) is 10.5 Å². The molecule has 0 unspecified atom stereocenters. The van der Waals surface area contributed by atoms with Gasteiger partial charge in [0.15, 0.2) is 0 Å². The maximum Gasteiger partial charge on any atom is 0.329 e. The number of methoxy groups -OCH3 is 1. The molecule has 31 heavy (non-hydrogen) atoms. The third-order valence-electron chi connectivity index (χ3n) is 4.74. The van der Waals surface area contributed by atoms with Crippen molar-refractivity contribution >= 4 is 29.6 Å². The molecule has 8 nitrogen and oxygen atoms in total. The lowest BCUT2D eigenvalue weighted by atomic mass is 10.2. The number of benzene rings is 2. The molecule has 1 aliphatic rings. The van der Waals surface area contributed by atoms with E-state index in [1.165, 1.54) is 0 Å². The third-order valence-corrected chi connectivity index (χ3v) is 4.74. The number of carbonyl (C=O) groups excluding carboxylic acids is 3. The monoisotopic (exact) mass is 416 g/mol. The zero-order valence-corrected chi connectivity index (χ0v) is 16.7. The molecule has 2 aromatic carbocycles. The highest BCUT2D eigenvalue weighted by molar-refractivity contribution is 6.15. The van der Waals surface area contributed by atoms with Crippen LogP contribution in [0.15, 0.2) is 78.6 Å². The summed E-state index contributed by atoms with van der Waals surface area (Å²) in [6, 6.07) is 19.3. The van der Waals surface area contributed by atoms with Crippen molar-refractivity contribution in [3.63, 3.8) is 0 Å². The highest BCUT2D eigenvalue weighted by Crippen LogP contribution is 2.20. The molecule has 1 saturated heterocycles. The lowest BCUT2D eigenvalue weighted by molar-refractivity contribution is -0.127. The second-order valence-corrected chi connectivity index (χ2v) is 6.79. The van der Waals surface area contributed by atoms with E-state index in [0.717, 1.165) is 16.3 Å². The summed E-state index contributed by atoms with van der Waals surface area (Å²) in [5.74, 6) is -0.285. The zero-order chi connectivity index (χ0) is 21.8. The largest absolute Gasteiger partial charge is 0.497 e. The lowest BCUT2D eigenvalue weighted by Gasteiger charge is -2.12. The predicted octanol–water partition coefficient (Wildman–Crippen LogP) is 3.02. The molecule has 4 amide bonds. The molecule has 2 heterocycles. The van der Waals surface area contributed by atoms with Gasteiger partial charge in [-0.2, -0.15) is 0 Å². The van der Waals surface area contributed by atoms with Crippen LogP contribution in [-0.2, 0) is 9.59 Å². The summed E-state index contributed by atoms with van der Waals surface area (Å²) >= 11 is 0. The summed E-state index contributed by atoms with van der Waals surface area (Å²) in [7, 11) is 1.60. The van der Waals surface area contributed by atoms with Gasteiger partial charge >= 0.3 is 6.03 Å². The van der Waals surface area contributed by atoms with E-state index in [1.54, 1.807) is 37.5 Å². The average molecular weight is 416 g/mol. The smallest absolute Gasteiger partial charge is 0.329 e. The molecule has 156 valence electrons. The minimum Gasteiger partial charge on any atom is -0.497 e. The standard InChI is InChI=1S/C23H20N4O4/c1-31-19-11-9-17(10-12-19)26-13-5-8-18(26)14-20-22(29)27(23(30)25-20)15-21(28)24-16-6-3-2-4-7-16/h2-14H,15H2,1H3,(H,24,28)(H,25,30)/b20-14+. The molecule has 0 bridgehead atoms. The van der Waals surface area contributed by atoms with Gasteiger partial charge in [0, 0.05) is 23.3 Å². The first kappa shape index (κ1) is 20.0. The number of urea groups is 1. The molecule has 4 rings (SSSR count). The molecule has 2 N–H and O–H groups in total. The van der Waals surface area contributed by atoms with Crippen LogP contribution in [0, 0.1) is 0 Å². The van der Waals surface area contributed by atoms with E-state index in [-0.39, 0.29) is 12.2 Å². The zero-order valence-electron chi connectivity index (χ0n) is 16.7. The van der Waals surface area contributed by atoms with Gasteiger partial charge in [0.2, 0.25) is 5.91 Å². The molecule has 0 saturated carbocycles. The predicted molar refractivity (Wildman–Crippen MR) is 116 cm³/mol. The number of hydrogen-bond acceptors (Lipinski definition) is 4. The van der Waals surface area contributed by atoms with E-state index in [4.69, 9.17) is 4.74 Å². The van der Waals surface area contributed by atoms with Crippen LogP contribution in [-0.4, -0.2) is 41.0 Å². The first-order valence-corrected chi connectivity index (χ1v) is 9.56. The fourth-order valence-corrected chi connectivity index (χ4v) is 3.22. The van der Waals surface area contributed by atoms with Gasteiger partial charge in [-0.1, -0.05) is 18.2 Å². The topological polar surface area (TPSA) is 92.7 Å². The Kier molecular flexibility index (Phi) is 5.53. The number of para-hydroxylation sites is 1. The molecule has 0 atom stereocenters. The number of imide groups is 1. The Labute approximate surface area is 178 Å². The average Bonchev–Trinajstić information content (AvgIpc) is 3.34.